The molecule has 0 bridgehead atoms. The smallest absolute Gasteiger partial charge is 0.114 e. The fraction of sp³-hybridized carbons (Fsp3) is 0.545. The van der Waals surface area contributed by atoms with Crippen molar-refractivity contribution in [2.75, 3.05) is 0 Å². The van der Waals surface area contributed by atoms with E-state index >= 15 is 0 Å². The first-order chi connectivity index (χ1) is 8.03. The zero-order chi connectivity index (χ0) is 12.3. The molecule has 0 aliphatic rings. The van der Waals surface area contributed by atoms with E-state index in [9.17, 15) is 0 Å². The van der Waals surface area contributed by atoms with Gasteiger partial charge in [-0.05, 0) is 20.8 Å². The molecule has 17 heavy (non-hydrogen) atoms. The van der Waals surface area contributed by atoms with E-state index in [1.54, 1.807) is 17.5 Å². The summed E-state index contributed by atoms with van der Waals surface area (Å²) in [4.78, 5) is 4.22. The first kappa shape index (κ1) is 12.2. The normalized spacial score (nSPS) is 11.9. The number of nitrogens with zero attached hydrogens (tertiary/aromatic N) is 4. The zero-order valence-electron chi connectivity index (χ0n) is 10.3. The van der Waals surface area contributed by atoms with Gasteiger partial charge in [-0.2, -0.15) is 0 Å². The van der Waals surface area contributed by atoms with Crippen LogP contribution >= 0.6 is 11.3 Å². The van der Waals surface area contributed by atoms with E-state index in [1.807, 2.05) is 16.3 Å². The maximum absolute atomic E-state index is 4.22. The van der Waals surface area contributed by atoms with Crippen LogP contribution in [0.3, 0.4) is 0 Å². The average Bonchev–Trinajstić information content (AvgIpc) is 2.86. The van der Waals surface area contributed by atoms with E-state index < -0.39 is 0 Å². The second-order valence-corrected chi connectivity index (χ2v) is 5.92. The van der Waals surface area contributed by atoms with Gasteiger partial charge in [-0.3, -0.25) is 0 Å². The minimum atomic E-state index is 0.0963. The van der Waals surface area contributed by atoms with Crippen LogP contribution in [0.1, 0.15) is 31.5 Å². The first-order valence-corrected chi connectivity index (χ1v) is 6.43. The number of aromatic nitrogens is 4. The lowest BCUT2D eigenvalue weighted by atomic mass is 10.1. The topological polar surface area (TPSA) is 55.6 Å². The fourth-order valence-corrected chi connectivity index (χ4v) is 1.93. The van der Waals surface area contributed by atoms with Crippen LogP contribution in [-0.2, 0) is 13.1 Å². The number of hydrogen-bond acceptors (Lipinski definition) is 5. The van der Waals surface area contributed by atoms with Crippen molar-refractivity contribution < 1.29 is 0 Å². The van der Waals surface area contributed by atoms with E-state index in [0.29, 0.717) is 6.54 Å². The summed E-state index contributed by atoms with van der Waals surface area (Å²) >= 11 is 1.63. The van der Waals surface area contributed by atoms with Crippen LogP contribution in [0.2, 0.25) is 0 Å². The Balaban J connectivity index is 1.92. The van der Waals surface area contributed by atoms with Crippen molar-refractivity contribution in [1.82, 2.24) is 25.3 Å². The minimum absolute atomic E-state index is 0.0963. The Morgan fingerprint density at radius 2 is 2.24 bits per heavy atom. The molecule has 5 nitrogen and oxygen atoms in total. The number of thiazole rings is 1. The second kappa shape index (κ2) is 4.93. The molecule has 0 unspecified atom stereocenters. The molecule has 92 valence electrons. The molecule has 0 saturated heterocycles. The van der Waals surface area contributed by atoms with Gasteiger partial charge in [-0.15, -0.1) is 16.4 Å². The Morgan fingerprint density at radius 3 is 2.88 bits per heavy atom. The Labute approximate surface area is 105 Å². The van der Waals surface area contributed by atoms with E-state index in [4.69, 9.17) is 0 Å². The molecule has 0 amide bonds. The molecule has 2 rings (SSSR count). The molecule has 0 fully saturated rings. The molecular weight excluding hydrogens is 234 g/mol. The van der Waals surface area contributed by atoms with Crippen molar-refractivity contribution in [3.05, 3.63) is 28.5 Å². The zero-order valence-corrected chi connectivity index (χ0v) is 11.2. The lowest BCUT2D eigenvalue weighted by Crippen LogP contribution is -2.35. The van der Waals surface area contributed by atoms with Gasteiger partial charge in [0.2, 0.25) is 0 Å². The predicted molar refractivity (Wildman–Crippen MR) is 67.8 cm³/mol. The highest BCUT2D eigenvalue weighted by Crippen LogP contribution is 2.06. The highest BCUT2D eigenvalue weighted by Gasteiger charge is 2.10. The standard InChI is InChI=1S/C11H17N5S/c1-11(2,3)13-6-9-7-16(15-14-9)8-10-12-4-5-17-10/h4-5,7,13H,6,8H2,1-3H3. The molecule has 0 atom stereocenters. The summed E-state index contributed by atoms with van der Waals surface area (Å²) in [6.07, 6.45) is 3.76. The molecule has 0 aromatic carbocycles. The molecule has 6 heteroatoms. The summed E-state index contributed by atoms with van der Waals surface area (Å²) in [6.45, 7) is 7.83. The first-order valence-electron chi connectivity index (χ1n) is 5.55. The van der Waals surface area contributed by atoms with Crippen molar-refractivity contribution in [2.24, 2.45) is 0 Å². The Bertz CT molecular complexity index is 454. The van der Waals surface area contributed by atoms with Crippen molar-refractivity contribution in [3.63, 3.8) is 0 Å². The van der Waals surface area contributed by atoms with Gasteiger partial charge in [0.15, 0.2) is 0 Å². The van der Waals surface area contributed by atoms with E-state index in [2.05, 4.69) is 41.4 Å². The third-order valence-corrected chi connectivity index (χ3v) is 2.93. The number of nitrogens with one attached hydrogen (secondary N) is 1. The molecule has 2 heterocycles. The quantitative estimate of drug-likeness (QED) is 0.898. The second-order valence-electron chi connectivity index (χ2n) is 4.94. The summed E-state index contributed by atoms with van der Waals surface area (Å²) in [5, 5.41) is 14.6. The number of rotatable bonds is 4. The predicted octanol–water partition coefficient (Wildman–Crippen LogP) is 1.67. The Hall–Kier alpha value is -1.27. The van der Waals surface area contributed by atoms with Crippen LogP contribution < -0.4 is 5.32 Å². The van der Waals surface area contributed by atoms with Crippen molar-refractivity contribution in [1.29, 1.82) is 0 Å². The van der Waals surface area contributed by atoms with Gasteiger partial charge in [-0.1, -0.05) is 5.21 Å². The SMILES string of the molecule is CC(C)(C)NCc1cn(Cc2nccs2)nn1. The fourth-order valence-electron chi connectivity index (χ4n) is 1.32. The Kier molecular flexibility index (Phi) is 3.54. The molecule has 2 aromatic rings. The van der Waals surface area contributed by atoms with Gasteiger partial charge < -0.3 is 5.32 Å². The van der Waals surface area contributed by atoms with Crippen LogP contribution in [-0.4, -0.2) is 25.5 Å². The molecule has 0 aliphatic heterocycles. The summed E-state index contributed by atoms with van der Waals surface area (Å²) in [7, 11) is 0. The van der Waals surface area contributed by atoms with Gasteiger partial charge in [0, 0.05) is 23.7 Å². The maximum atomic E-state index is 4.22. The van der Waals surface area contributed by atoms with Crippen molar-refractivity contribution in [2.45, 2.75) is 39.4 Å². The third-order valence-electron chi connectivity index (χ3n) is 2.17. The summed E-state index contributed by atoms with van der Waals surface area (Å²) in [6, 6.07) is 0. The molecular formula is C11H17N5S. The lowest BCUT2D eigenvalue weighted by Gasteiger charge is -2.19. The van der Waals surface area contributed by atoms with Crippen molar-refractivity contribution >= 4 is 11.3 Å². The lowest BCUT2D eigenvalue weighted by molar-refractivity contribution is 0.421. The molecule has 0 radical (unpaired) electrons. The van der Waals surface area contributed by atoms with E-state index in [0.717, 1.165) is 17.2 Å². The summed E-state index contributed by atoms with van der Waals surface area (Å²) in [5.41, 5.74) is 1.05. The van der Waals surface area contributed by atoms with Gasteiger partial charge in [-0.25, -0.2) is 9.67 Å². The molecule has 0 spiro atoms. The summed E-state index contributed by atoms with van der Waals surface area (Å²) in [5.74, 6) is 0. The highest BCUT2D eigenvalue weighted by molar-refractivity contribution is 7.09. The van der Waals surface area contributed by atoms with Crippen LogP contribution in [0, 0.1) is 0 Å². The van der Waals surface area contributed by atoms with Crippen molar-refractivity contribution in [3.8, 4) is 0 Å². The van der Waals surface area contributed by atoms with Crippen LogP contribution in [0.15, 0.2) is 17.8 Å². The number of hydrogen-bond donors (Lipinski definition) is 1. The highest BCUT2D eigenvalue weighted by atomic mass is 32.1. The average molecular weight is 251 g/mol. The van der Waals surface area contributed by atoms with Gasteiger partial charge in [0.05, 0.1) is 18.4 Å². The molecule has 0 aliphatic carbocycles. The van der Waals surface area contributed by atoms with Crippen LogP contribution in [0.4, 0.5) is 0 Å². The Morgan fingerprint density at radius 1 is 1.41 bits per heavy atom. The van der Waals surface area contributed by atoms with E-state index in [-0.39, 0.29) is 5.54 Å². The molecule has 2 aromatic heterocycles. The van der Waals surface area contributed by atoms with Gasteiger partial charge in [0.25, 0.3) is 0 Å². The van der Waals surface area contributed by atoms with Crippen LogP contribution in [0.5, 0.6) is 0 Å². The van der Waals surface area contributed by atoms with Gasteiger partial charge in [0.1, 0.15) is 5.01 Å². The summed E-state index contributed by atoms with van der Waals surface area (Å²) < 4.78 is 1.82. The maximum Gasteiger partial charge on any atom is 0.114 e. The monoisotopic (exact) mass is 251 g/mol. The van der Waals surface area contributed by atoms with E-state index in [1.165, 1.54) is 0 Å². The molecule has 0 saturated carbocycles. The molecule has 1 N–H and O–H groups in total. The van der Waals surface area contributed by atoms with Gasteiger partial charge >= 0.3 is 0 Å². The third kappa shape index (κ3) is 3.90. The minimum Gasteiger partial charge on any atom is -0.306 e. The van der Waals surface area contributed by atoms with Crippen LogP contribution in [0.25, 0.3) is 0 Å². The largest absolute Gasteiger partial charge is 0.306 e.